The normalized spacial score (nSPS) is 10.8. The van der Waals surface area contributed by atoms with Crippen LogP contribution in [0.15, 0.2) is 23.2 Å². The summed E-state index contributed by atoms with van der Waals surface area (Å²) in [5.41, 5.74) is 0.897. The van der Waals surface area contributed by atoms with Crippen LogP contribution in [0.4, 0.5) is 0 Å². The molecule has 0 radical (unpaired) electrons. The Balaban J connectivity index is 0.00000441. The van der Waals surface area contributed by atoms with Crippen molar-refractivity contribution < 1.29 is 4.74 Å². The number of rotatable bonds is 9. The highest BCUT2D eigenvalue weighted by molar-refractivity contribution is 14.0. The Morgan fingerprint density at radius 1 is 1.32 bits per heavy atom. The molecule has 1 heterocycles. The van der Waals surface area contributed by atoms with Crippen LogP contribution in [0, 0.1) is 0 Å². The van der Waals surface area contributed by atoms with Crippen molar-refractivity contribution in [1.82, 2.24) is 15.6 Å². The highest BCUT2D eigenvalue weighted by atomic mass is 127. The fraction of sp³-hybridized carbons (Fsp3) is 0.600. The van der Waals surface area contributed by atoms with E-state index in [0.29, 0.717) is 12.4 Å². The Labute approximate surface area is 155 Å². The summed E-state index contributed by atoms with van der Waals surface area (Å²) in [6, 6.07) is 5.72. The summed E-state index contributed by atoms with van der Waals surface area (Å²) < 4.78 is 5.12. The summed E-state index contributed by atoms with van der Waals surface area (Å²) in [6.45, 7) is 4.40. The largest absolute Gasteiger partial charge is 0.481 e. The first kappa shape index (κ1) is 21.3. The molecule has 0 spiro atoms. The fourth-order valence-electron chi connectivity index (χ4n) is 1.74. The Morgan fingerprint density at radius 3 is 2.82 bits per heavy atom. The van der Waals surface area contributed by atoms with Gasteiger partial charge in [0.2, 0.25) is 5.88 Å². The molecule has 0 atom stereocenters. The zero-order chi connectivity index (χ0) is 15.3. The average molecular weight is 438 g/mol. The lowest BCUT2D eigenvalue weighted by molar-refractivity contribution is 0.396. The van der Waals surface area contributed by atoms with E-state index in [1.165, 1.54) is 12.2 Å². The summed E-state index contributed by atoms with van der Waals surface area (Å²) in [6.07, 6.45) is 4.52. The molecule has 0 amide bonds. The topological polar surface area (TPSA) is 58.5 Å². The second-order valence-electron chi connectivity index (χ2n) is 4.49. The molecule has 0 unspecified atom stereocenters. The molecule has 0 aromatic carbocycles. The SMILES string of the molecule is CCNC(=NCc1cccc(OC)n1)NCCCCSC.I. The minimum atomic E-state index is 0. The first-order chi connectivity index (χ1) is 10.3. The number of guanidine groups is 1. The Bertz CT molecular complexity index is 432. The minimum Gasteiger partial charge on any atom is -0.481 e. The molecular weight excluding hydrogens is 411 g/mol. The van der Waals surface area contributed by atoms with Crippen LogP contribution >= 0.6 is 35.7 Å². The van der Waals surface area contributed by atoms with Crippen molar-refractivity contribution in [2.75, 3.05) is 32.2 Å². The first-order valence-electron chi connectivity index (χ1n) is 7.31. The van der Waals surface area contributed by atoms with Crippen LogP contribution in [0.5, 0.6) is 5.88 Å². The summed E-state index contributed by atoms with van der Waals surface area (Å²) in [7, 11) is 1.62. The molecule has 1 aromatic rings. The first-order valence-corrected chi connectivity index (χ1v) is 8.70. The standard InChI is InChI=1S/C15H26N4OS.HI/c1-4-16-15(17-10-5-6-11-21-3)18-12-13-8-7-9-14(19-13)20-2;/h7-9H,4-6,10-12H2,1-3H3,(H2,16,17,18);1H. The van der Waals surface area contributed by atoms with E-state index in [-0.39, 0.29) is 24.0 Å². The van der Waals surface area contributed by atoms with E-state index in [1.54, 1.807) is 7.11 Å². The zero-order valence-electron chi connectivity index (χ0n) is 13.6. The Kier molecular flexibility index (Phi) is 13.5. The van der Waals surface area contributed by atoms with Crippen molar-refractivity contribution >= 4 is 41.7 Å². The van der Waals surface area contributed by atoms with E-state index < -0.39 is 0 Å². The lowest BCUT2D eigenvalue weighted by atomic mass is 10.3. The smallest absolute Gasteiger partial charge is 0.213 e. The van der Waals surface area contributed by atoms with E-state index in [4.69, 9.17) is 4.74 Å². The number of aromatic nitrogens is 1. The maximum absolute atomic E-state index is 5.12. The molecule has 0 aliphatic rings. The minimum absolute atomic E-state index is 0. The number of hydrogen-bond donors (Lipinski definition) is 2. The van der Waals surface area contributed by atoms with Crippen LogP contribution in [0.25, 0.3) is 0 Å². The highest BCUT2D eigenvalue weighted by Gasteiger charge is 1.99. The van der Waals surface area contributed by atoms with Gasteiger partial charge < -0.3 is 15.4 Å². The van der Waals surface area contributed by atoms with E-state index in [2.05, 4.69) is 33.8 Å². The summed E-state index contributed by atoms with van der Waals surface area (Å²) in [5, 5.41) is 6.60. The van der Waals surface area contributed by atoms with Crippen molar-refractivity contribution in [3.8, 4) is 5.88 Å². The molecular formula is C15H27IN4OS. The van der Waals surface area contributed by atoms with Gasteiger partial charge >= 0.3 is 0 Å². The molecule has 0 aliphatic heterocycles. The molecule has 1 rings (SSSR count). The second-order valence-corrected chi connectivity index (χ2v) is 5.48. The third-order valence-electron chi connectivity index (χ3n) is 2.80. The van der Waals surface area contributed by atoms with E-state index in [9.17, 15) is 0 Å². The molecule has 126 valence electrons. The van der Waals surface area contributed by atoms with Gasteiger partial charge in [0.05, 0.1) is 19.3 Å². The van der Waals surface area contributed by atoms with Crippen LogP contribution in [0.3, 0.4) is 0 Å². The van der Waals surface area contributed by atoms with Crippen molar-refractivity contribution in [2.24, 2.45) is 4.99 Å². The number of hydrogen-bond acceptors (Lipinski definition) is 4. The maximum Gasteiger partial charge on any atom is 0.213 e. The number of pyridine rings is 1. The van der Waals surface area contributed by atoms with Crippen molar-refractivity contribution in [3.63, 3.8) is 0 Å². The van der Waals surface area contributed by atoms with Gasteiger partial charge in [-0.15, -0.1) is 24.0 Å². The number of halogens is 1. The van der Waals surface area contributed by atoms with Crippen LogP contribution in [-0.4, -0.2) is 43.2 Å². The van der Waals surface area contributed by atoms with E-state index >= 15 is 0 Å². The van der Waals surface area contributed by atoms with E-state index in [0.717, 1.165) is 31.2 Å². The van der Waals surface area contributed by atoms with Gasteiger partial charge in [-0.3, -0.25) is 0 Å². The third-order valence-corrected chi connectivity index (χ3v) is 3.50. The quantitative estimate of drug-likeness (QED) is 0.269. The van der Waals surface area contributed by atoms with Crippen LogP contribution < -0.4 is 15.4 Å². The van der Waals surface area contributed by atoms with Gasteiger partial charge in [-0.25, -0.2) is 9.98 Å². The number of aliphatic imine (C=N–C) groups is 1. The number of nitrogens with one attached hydrogen (secondary N) is 2. The summed E-state index contributed by atoms with van der Waals surface area (Å²) in [4.78, 5) is 8.90. The fourth-order valence-corrected chi connectivity index (χ4v) is 2.23. The van der Waals surface area contributed by atoms with Gasteiger partial charge in [0.15, 0.2) is 5.96 Å². The molecule has 0 bridgehead atoms. The molecule has 0 saturated carbocycles. The van der Waals surface area contributed by atoms with Crippen LogP contribution in [-0.2, 0) is 6.54 Å². The molecule has 1 aromatic heterocycles. The molecule has 0 aliphatic carbocycles. The summed E-state index contributed by atoms with van der Waals surface area (Å²) in [5.74, 6) is 2.67. The predicted octanol–water partition coefficient (Wildman–Crippen LogP) is 2.91. The van der Waals surface area contributed by atoms with Crippen molar-refractivity contribution in [3.05, 3.63) is 23.9 Å². The van der Waals surface area contributed by atoms with E-state index in [1.807, 2.05) is 30.0 Å². The molecule has 7 heteroatoms. The molecule has 0 fully saturated rings. The van der Waals surface area contributed by atoms with Gasteiger partial charge in [0, 0.05) is 19.2 Å². The maximum atomic E-state index is 5.12. The lowest BCUT2D eigenvalue weighted by Crippen LogP contribution is -2.37. The van der Waals surface area contributed by atoms with Gasteiger partial charge in [0.1, 0.15) is 0 Å². The van der Waals surface area contributed by atoms with Crippen LogP contribution in [0.2, 0.25) is 0 Å². The van der Waals surface area contributed by atoms with Gasteiger partial charge in [0.25, 0.3) is 0 Å². The average Bonchev–Trinajstić information content (AvgIpc) is 2.52. The highest BCUT2D eigenvalue weighted by Crippen LogP contribution is 2.07. The molecule has 22 heavy (non-hydrogen) atoms. The molecule has 2 N–H and O–H groups in total. The number of ether oxygens (including phenoxy) is 1. The zero-order valence-corrected chi connectivity index (χ0v) is 16.7. The Morgan fingerprint density at radius 2 is 2.14 bits per heavy atom. The Hall–Kier alpha value is -0.700. The molecule has 5 nitrogen and oxygen atoms in total. The number of unbranched alkanes of at least 4 members (excludes halogenated alkanes) is 1. The third kappa shape index (κ3) is 9.34. The van der Waals surface area contributed by atoms with Crippen molar-refractivity contribution in [2.45, 2.75) is 26.3 Å². The number of methoxy groups -OCH3 is 1. The number of thioether (sulfide) groups is 1. The summed E-state index contributed by atoms with van der Waals surface area (Å²) >= 11 is 1.89. The monoisotopic (exact) mass is 438 g/mol. The van der Waals surface area contributed by atoms with Gasteiger partial charge in [-0.1, -0.05) is 6.07 Å². The predicted molar refractivity (Wildman–Crippen MR) is 107 cm³/mol. The number of nitrogens with zero attached hydrogens (tertiary/aromatic N) is 2. The van der Waals surface area contributed by atoms with Crippen molar-refractivity contribution in [1.29, 1.82) is 0 Å². The van der Waals surface area contributed by atoms with Gasteiger partial charge in [-0.2, -0.15) is 11.8 Å². The lowest BCUT2D eigenvalue weighted by Gasteiger charge is -2.11. The second kappa shape index (κ2) is 13.9. The van der Waals surface area contributed by atoms with Gasteiger partial charge in [-0.05, 0) is 37.8 Å². The molecule has 0 saturated heterocycles. The van der Waals surface area contributed by atoms with Crippen LogP contribution in [0.1, 0.15) is 25.5 Å².